The molecule has 2 aromatic heterocycles. The SMILES string of the molecule is FC(F)(F)c1cccc(-c2ccccn2)c1Oc1nc(-c2ccccc2)nc2ccccc12. The van der Waals surface area contributed by atoms with E-state index < -0.39 is 11.7 Å². The Bertz CT molecular complexity index is 1420. The summed E-state index contributed by atoms with van der Waals surface area (Å²) in [7, 11) is 0. The number of benzene rings is 3. The minimum atomic E-state index is -4.63. The molecule has 5 aromatic rings. The van der Waals surface area contributed by atoms with Crippen LogP contribution in [0, 0.1) is 0 Å². The molecule has 2 heterocycles. The van der Waals surface area contributed by atoms with Crippen LogP contribution in [0.25, 0.3) is 33.5 Å². The first-order valence-electron chi connectivity index (χ1n) is 10.1. The smallest absolute Gasteiger partial charge is 0.420 e. The fraction of sp³-hybridized carbons (Fsp3) is 0.0385. The lowest BCUT2D eigenvalue weighted by Crippen LogP contribution is -2.09. The predicted octanol–water partition coefficient (Wildman–Crippen LogP) is 7.17. The molecule has 0 unspecified atom stereocenters. The van der Waals surface area contributed by atoms with Crippen LogP contribution in [-0.4, -0.2) is 15.0 Å². The highest BCUT2D eigenvalue weighted by Crippen LogP contribution is 2.44. The van der Waals surface area contributed by atoms with Crippen LogP contribution in [0.3, 0.4) is 0 Å². The number of fused-ring (bicyclic) bond motifs is 1. The van der Waals surface area contributed by atoms with Crippen molar-refractivity contribution in [2.24, 2.45) is 0 Å². The Kier molecular flexibility index (Phi) is 5.22. The van der Waals surface area contributed by atoms with Crippen LogP contribution in [0.1, 0.15) is 5.56 Å². The second kappa shape index (κ2) is 8.35. The van der Waals surface area contributed by atoms with E-state index in [0.717, 1.165) is 11.6 Å². The normalized spacial score (nSPS) is 11.5. The van der Waals surface area contributed by atoms with Gasteiger partial charge in [0.15, 0.2) is 11.6 Å². The van der Waals surface area contributed by atoms with Gasteiger partial charge in [0.05, 0.1) is 22.2 Å². The number of alkyl halides is 3. The van der Waals surface area contributed by atoms with Gasteiger partial charge in [-0.1, -0.05) is 54.6 Å². The van der Waals surface area contributed by atoms with Gasteiger partial charge in [0, 0.05) is 17.3 Å². The summed E-state index contributed by atoms with van der Waals surface area (Å²) >= 11 is 0. The van der Waals surface area contributed by atoms with Crippen molar-refractivity contribution in [3.63, 3.8) is 0 Å². The van der Waals surface area contributed by atoms with Crippen LogP contribution in [-0.2, 0) is 6.18 Å². The molecule has 0 atom stereocenters. The third-order valence-electron chi connectivity index (χ3n) is 5.06. The number of aromatic nitrogens is 3. The molecule has 0 N–H and O–H groups in total. The molecule has 0 radical (unpaired) electrons. The van der Waals surface area contributed by atoms with Crippen molar-refractivity contribution in [1.29, 1.82) is 0 Å². The summed E-state index contributed by atoms with van der Waals surface area (Å²) in [6.07, 6.45) is -3.11. The molecule has 4 nitrogen and oxygen atoms in total. The summed E-state index contributed by atoms with van der Waals surface area (Å²) in [4.78, 5) is 13.3. The number of halogens is 3. The van der Waals surface area contributed by atoms with Crippen LogP contribution >= 0.6 is 0 Å². The minimum absolute atomic E-state index is 0.0355. The molecular formula is C26H16F3N3O. The lowest BCUT2D eigenvalue weighted by atomic mass is 10.0. The molecule has 0 saturated carbocycles. The Morgan fingerprint density at radius 1 is 0.697 bits per heavy atom. The van der Waals surface area contributed by atoms with Gasteiger partial charge in [0.25, 0.3) is 0 Å². The molecule has 0 spiro atoms. The van der Waals surface area contributed by atoms with Gasteiger partial charge in [0.2, 0.25) is 5.88 Å². The average Bonchev–Trinajstić information content (AvgIpc) is 2.84. The van der Waals surface area contributed by atoms with Gasteiger partial charge in [0.1, 0.15) is 0 Å². The van der Waals surface area contributed by atoms with Crippen LogP contribution < -0.4 is 4.74 Å². The molecule has 33 heavy (non-hydrogen) atoms. The Morgan fingerprint density at radius 3 is 2.21 bits per heavy atom. The van der Waals surface area contributed by atoms with E-state index in [1.165, 1.54) is 12.3 Å². The zero-order chi connectivity index (χ0) is 22.8. The van der Waals surface area contributed by atoms with Crippen LogP contribution in [0.2, 0.25) is 0 Å². The number of ether oxygens (including phenoxy) is 1. The largest absolute Gasteiger partial charge is 0.437 e. The number of nitrogens with zero attached hydrogens (tertiary/aromatic N) is 3. The van der Waals surface area contributed by atoms with Crippen molar-refractivity contribution in [2.75, 3.05) is 0 Å². The minimum Gasteiger partial charge on any atom is -0.437 e. The van der Waals surface area contributed by atoms with Crippen molar-refractivity contribution in [3.05, 3.63) is 103 Å². The van der Waals surface area contributed by atoms with Crippen molar-refractivity contribution >= 4 is 10.9 Å². The second-order valence-corrected chi connectivity index (χ2v) is 7.23. The summed E-state index contributed by atoms with van der Waals surface area (Å²) < 4.78 is 47.9. The highest BCUT2D eigenvalue weighted by Gasteiger charge is 2.36. The molecule has 0 aliphatic carbocycles. The van der Waals surface area contributed by atoms with E-state index in [2.05, 4.69) is 15.0 Å². The van der Waals surface area contributed by atoms with E-state index in [9.17, 15) is 13.2 Å². The summed E-state index contributed by atoms with van der Waals surface area (Å²) in [5.41, 5.74) is 0.955. The molecule has 0 aliphatic rings. The lowest BCUT2D eigenvalue weighted by Gasteiger charge is -2.18. The highest BCUT2D eigenvalue weighted by atomic mass is 19.4. The Labute approximate surface area is 187 Å². The Hall–Kier alpha value is -4.26. The van der Waals surface area contributed by atoms with Crippen LogP contribution in [0.15, 0.2) is 97.2 Å². The van der Waals surface area contributed by atoms with E-state index in [4.69, 9.17) is 4.74 Å². The molecular weight excluding hydrogens is 427 g/mol. The molecule has 0 amide bonds. The Morgan fingerprint density at radius 2 is 1.45 bits per heavy atom. The van der Waals surface area contributed by atoms with Gasteiger partial charge >= 0.3 is 6.18 Å². The molecule has 3 aromatic carbocycles. The molecule has 7 heteroatoms. The summed E-state index contributed by atoms with van der Waals surface area (Å²) in [6.45, 7) is 0. The van der Waals surface area contributed by atoms with Gasteiger partial charge in [-0.05, 0) is 36.4 Å². The molecule has 0 saturated heterocycles. The van der Waals surface area contributed by atoms with Crippen molar-refractivity contribution < 1.29 is 17.9 Å². The van der Waals surface area contributed by atoms with Gasteiger partial charge in [-0.15, -0.1) is 0 Å². The quantitative estimate of drug-likeness (QED) is 0.295. The molecule has 0 aliphatic heterocycles. The zero-order valence-electron chi connectivity index (χ0n) is 17.1. The third-order valence-corrected chi connectivity index (χ3v) is 5.06. The third kappa shape index (κ3) is 4.13. The summed E-state index contributed by atoms with van der Waals surface area (Å²) in [5, 5.41) is 0.501. The van der Waals surface area contributed by atoms with Gasteiger partial charge in [-0.2, -0.15) is 18.2 Å². The van der Waals surface area contributed by atoms with E-state index in [1.54, 1.807) is 48.5 Å². The van der Waals surface area contributed by atoms with Crippen LogP contribution in [0.5, 0.6) is 11.6 Å². The lowest BCUT2D eigenvalue weighted by molar-refractivity contribution is -0.138. The number of hydrogen-bond acceptors (Lipinski definition) is 4. The molecule has 0 fully saturated rings. The number of pyridine rings is 1. The van der Waals surface area contributed by atoms with Crippen molar-refractivity contribution in [1.82, 2.24) is 15.0 Å². The zero-order valence-corrected chi connectivity index (χ0v) is 17.1. The predicted molar refractivity (Wildman–Crippen MR) is 120 cm³/mol. The van der Waals surface area contributed by atoms with Crippen molar-refractivity contribution in [2.45, 2.75) is 6.18 Å². The molecule has 0 bridgehead atoms. The molecule has 162 valence electrons. The highest BCUT2D eigenvalue weighted by molar-refractivity contribution is 5.86. The van der Waals surface area contributed by atoms with Crippen LogP contribution in [0.4, 0.5) is 13.2 Å². The molecule has 5 rings (SSSR count). The maximum atomic E-state index is 14.0. The van der Waals surface area contributed by atoms with E-state index in [0.29, 0.717) is 22.4 Å². The van der Waals surface area contributed by atoms with Crippen molar-refractivity contribution in [3.8, 4) is 34.3 Å². The first kappa shape index (κ1) is 20.6. The van der Waals surface area contributed by atoms with E-state index in [-0.39, 0.29) is 17.2 Å². The first-order valence-corrected chi connectivity index (χ1v) is 10.1. The standard InChI is InChI=1S/C26H16F3N3O/c27-26(28,29)20-13-8-12-18(21-14-6-7-16-30-21)23(20)33-25-19-11-4-5-15-22(19)31-24(32-25)17-9-2-1-3-10-17/h1-16H. The number of hydrogen-bond donors (Lipinski definition) is 0. The van der Waals surface area contributed by atoms with E-state index >= 15 is 0 Å². The number of rotatable bonds is 4. The van der Waals surface area contributed by atoms with Gasteiger partial charge < -0.3 is 4.74 Å². The summed E-state index contributed by atoms with van der Waals surface area (Å²) in [6, 6.07) is 25.2. The fourth-order valence-corrected chi connectivity index (χ4v) is 3.53. The second-order valence-electron chi connectivity index (χ2n) is 7.23. The van der Waals surface area contributed by atoms with Gasteiger partial charge in [-0.25, -0.2) is 4.98 Å². The average molecular weight is 443 g/mol. The maximum Gasteiger partial charge on any atom is 0.420 e. The van der Waals surface area contributed by atoms with E-state index in [1.807, 2.05) is 30.3 Å². The topological polar surface area (TPSA) is 47.9 Å². The first-order chi connectivity index (χ1) is 16.0. The fourth-order valence-electron chi connectivity index (χ4n) is 3.53. The maximum absolute atomic E-state index is 14.0. The van der Waals surface area contributed by atoms with Gasteiger partial charge in [-0.3, -0.25) is 4.98 Å². The number of para-hydroxylation sites is 2. The summed E-state index contributed by atoms with van der Waals surface area (Å²) in [5.74, 6) is 0.0353. The Balaban J connectivity index is 1.74. The monoisotopic (exact) mass is 443 g/mol.